The van der Waals surface area contributed by atoms with E-state index in [1.807, 2.05) is 43.3 Å². The smallest absolute Gasteiger partial charge is 0.341 e. The molecule has 1 rings (SSSR count). The van der Waals surface area contributed by atoms with Gasteiger partial charge in [0, 0.05) is 19.8 Å². The van der Waals surface area contributed by atoms with Gasteiger partial charge in [0.15, 0.2) is 0 Å². The van der Waals surface area contributed by atoms with Gasteiger partial charge in [0.25, 0.3) is 0 Å². The summed E-state index contributed by atoms with van der Waals surface area (Å²) in [5, 5.41) is 8.63. The molecular formula is C11H13NO2S. The minimum Gasteiger partial charge on any atom is -0.477 e. The molecule has 80 valence electrons. The number of aliphatic carboxylic acids is 1. The predicted molar refractivity (Wildman–Crippen MR) is 65.4 cm³/mol. The maximum absolute atomic E-state index is 10.5. The molecule has 0 spiro atoms. The average Bonchev–Trinajstić information content (AvgIpc) is 2.18. The van der Waals surface area contributed by atoms with Crippen LogP contribution in [0.1, 0.15) is 5.56 Å². The summed E-state index contributed by atoms with van der Waals surface area (Å²) < 4.78 is 0. The largest absolute Gasteiger partial charge is 0.477 e. The van der Waals surface area contributed by atoms with Crippen LogP contribution in [0.15, 0.2) is 29.2 Å². The van der Waals surface area contributed by atoms with E-state index < -0.39 is 5.97 Å². The van der Waals surface area contributed by atoms with Crippen molar-refractivity contribution >= 4 is 30.4 Å². The van der Waals surface area contributed by atoms with Gasteiger partial charge in [0.2, 0.25) is 0 Å². The Balaban J connectivity index is 2.90. The lowest BCUT2D eigenvalue weighted by Gasteiger charge is -2.11. The van der Waals surface area contributed by atoms with Gasteiger partial charge in [-0.15, -0.1) is 12.6 Å². The van der Waals surface area contributed by atoms with Gasteiger partial charge in [-0.3, -0.25) is 0 Å². The number of hydrogen-bond acceptors (Lipinski definition) is 3. The van der Waals surface area contributed by atoms with Crippen molar-refractivity contribution in [3.8, 4) is 0 Å². The van der Waals surface area contributed by atoms with E-state index in [2.05, 4.69) is 12.6 Å². The lowest BCUT2D eigenvalue weighted by Crippen LogP contribution is -2.07. The summed E-state index contributed by atoms with van der Waals surface area (Å²) in [6.07, 6.45) is 1.52. The zero-order chi connectivity index (χ0) is 11.4. The molecule has 0 aromatic heterocycles. The Morgan fingerprint density at radius 2 is 1.87 bits per heavy atom. The fraction of sp³-hybridized carbons (Fsp3) is 0.182. The summed E-state index contributed by atoms with van der Waals surface area (Å²) in [7, 11) is 3.90. The molecule has 3 nitrogen and oxygen atoms in total. The average molecular weight is 223 g/mol. The highest BCUT2D eigenvalue weighted by Crippen LogP contribution is 2.15. The van der Waals surface area contributed by atoms with Gasteiger partial charge in [0.1, 0.15) is 0 Å². The number of rotatable bonds is 3. The van der Waals surface area contributed by atoms with Crippen molar-refractivity contribution in [3.05, 3.63) is 34.7 Å². The molecule has 0 saturated heterocycles. The van der Waals surface area contributed by atoms with E-state index in [9.17, 15) is 4.79 Å². The topological polar surface area (TPSA) is 40.5 Å². The van der Waals surface area contributed by atoms with Crippen LogP contribution in [0.25, 0.3) is 6.08 Å². The molecule has 0 saturated carbocycles. The number of nitrogens with zero attached hydrogens (tertiary/aromatic N) is 1. The lowest BCUT2D eigenvalue weighted by molar-refractivity contribution is -0.131. The van der Waals surface area contributed by atoms with Crippen LogP contribution in [0, 0.1) is 0 Å². The zero-order valence-electron chi connectivity index (χ0n) is 8.64. The van der Waals surface area contributed by atoms with Crippen LogP contribution < -0.4 is 4.90 Å². The molecule has 0 aliphatic heterocycles. The second-order valence-corrected chi connectivity index (χ2v) is 3.80. The monoisotopic (exact) mass is 223 g/mol. The molecule has 1 N–H and O–H groups in total. The van der Waals surface area contributed by atoms with Crippen molar-refractivity contribution in [1.29, 1.82) is 0 Å². The first-order valence-corrected chi connectivity index (χ1v) is 4.87. The van der Waals surface area contributed by atoms with E-state index >= 15 is 0 Å². The Hall–Kier alpha value is -1.42. The van der Waals surface area contributed by atoms with Crippen LogP contribution in [0.4, 0.5) is 5.69 Å². The molecule has 0 bridgehead atoms. The number of carboxylic acid groups (broad SMARTS) is 1. The summed E-state index contributed by atoms with van der Waals surface area (Å²) in [6.45, 7) is 0. The Labute approximate surface area is 94.4 Å². The van der Waals surface area contributed by atoms with E-state index in [4.69, 9.17) is 5.11 Å². The lowest BCUT2D eigenvalue weighted by atomic mass is 10.2. The molecule has 0 heterocycles. The number of anilines is 1. The Bertz CT molecular complexity index is 382. The summed E-state index contributed by atoms with van der Waals surface area (Å²) in [5.41, 5.74) is 1.90. The first kappa shape index (κ1) is 11.7. The van der Waals surface area contributed by atoms with Gasteiger partial charge in [-0.1, -0.05) is 12.1 Å². The first-order valence-electron chi connectivity index (χ1n) is 4.42. The molecule has 0 unspecified atom stereocenters. The van der Waals surface area contributed by atoms with Gasteiger partial charge in [-0.25, -0.2) is 4.79 Å². The van der Waals surface area contributed by atoms with Crippen LogP contribution >= 0.6 is 12.6 Å². The van der Waals surface area contributed by atoms with E-state index in [1.54, 1.807) is 0 Å². The summed E-state index contributed by atoms with van der Waals surface area (Å²) in [6, 6.07) is 7.56. The number of carbonyl (C=O) groups is 1. The van der Waals surface area contributed by atoms with Gasteiger partial charge in [-0.2, -0.15) is 0 Å². The summed E-state index contributed by atoms with van der Waals surface area (Å²) >= 11 is 3.85. The van der Waals surface area contributed by atoms with Gasteiger partial charge < -0.3 is 10.0 Å². The molecule has 4 heteroatoms. The maximum Gasteiger partial charge on any atom is 0.341 e. The molecule has 0 amide bonds. The number of benzene rings is 1. The zero-order valence-corrected chi connectivity index (χ0v) is 9.53. The maximum atomic E-state index is 10.5. The number of thiol groups is 1. The molecule has 0 aliphatic rings. The minimum absolute atomic E-state index is 0.0348. The van der Waals surface area contributed by atoms with Crippen LogP contribution in [0.5, 0.6) is 0 Å². The molecular weight excluding hydrogens is 210 g/mol. The van der Waals surface area contributed by atoms with Gasteiger partial charge in [-0.05, 0) is 23.8 Å². The van der Waals surface area contributed by atoms with E-state index in [1.165, 1.54) is 6.08 Å². The molecule has 0 atom stereocenters. The van der Waals surface area contributed by atoms with Crippen LogP contribution in [-0.2, 0) is 4.79 Å². The molecule has 1 aromatic carbocycles. The van der Waals surface area contributed by atoms with Crippen molar-refractivity contribution in [2.45, 2.75) is 0 Å². The minimum atomic E-state index is -1.02. The van der Waals surface area contributed by atoms with Crippen molar-refractivity contribution in [1.82, 2.24) is 0 Å². The summed E-state index contributed by atoms with van der Waals surface area (Å²) in [5.74, 6) is -1.02. The number of carboxylic acids is 1. The molecule has 0 radical (unpaired) electrons. The quantitative estimate of drug-likeness (QED) is 0.609. The van der Waals surface area contributed by atoms with E-state index in [-0.39, 0.29) is 4.91 Å². The van der Waals surface area contributed by atoms with E-state index in [0.717, 1.165) is 11.3 Å². The third-order valence-corrected chi connectivity index (χ3v) is 2.25. The molecule has 0 fully saturated rings. The fourth-order valence-corrected chi connectivity index (χ4v) is 1.24. The highest BCUT2D eigenvalue weighted by Gasteiger charge is 2.01. The van der Waals surface area contributed by atoms with Crippen molar-refractivity contribution < 1.29 is 9.90 Å². The van der Waals surface area contributed by atoms with Crippen LogP contribution in [0.3, 0.4) is 0 Å². The Kier molecular flexibility index (Phi) is 3.80. The second-order valence-electron chi connectivity index (χ2n) is 3.32. The second kappa shape index (κ2) is 4.89. The normalized spacial score (nSPS) is 11.3. The highest BCUT2D eigenvalue weighted by molar-refractivity contribution is 7.85. The van der Waals surface area contributed by atoms with Gasteiger partial charge in [0.05, 0.1) is 4.91 Å². The van der Waals surface area contributed by atoms with Crippen molar-refractivity contribution in [3.63, 3.8) is 0 Å². The van der Waals surface area contributed by atoms with Crippen LogP contribution in [0.2, 0.25) is 0 Å². The Morgan fingerprint density at radius 1 is 1.33 bits per heavy atom. The fourth-order valence-electron chi connectivity index (χ4n) is 1.09. The van der Waals surface area contributed by atoms with Crippen LogP contribution in [-0.4, -0.2) is 25.2 Å². The first-order chi connectivity index (χ1) is 7.00. The van der Waals surface area contributed by atoms with Crippen molar-refractivity contribution in [2.24, 2.45) is 0 Å². The van der Waals surface area contributed by atoms with E-state index in [0.29, 0.717) is 0 Å². The molecule has 1 aromatic rings. The standard InChI is InChI=1S/C11H13NO2S/c1-12(2)9-5-3-8(4-6-9)7-10(15)11(13)14/h3-7,15H,1-2H3,(H,13,14)/b10-7-. The highest BCUT2D eigenvalue weighted by atomic mass is 32.1. The SMILES string of the molecule is CN(C)c1ccc(/C=C(\S)C(=O)O)cc1. The number of hydrogen-bond donors (Lipinski definition) is 2. The molecule has 0 aliphatic carbocycles. The third kappa shape index (κ3) is 3.32. The molecule has 15 heavy (non-hydrogen) atoms. The summed E-state index contributed by atoms with van der Waals surface area (Å²) in [4.78, 5) is 12.5. The van der Waals surface area contributed by atoms with Crippen molar-refractivity contribution in [2.75, 3.05) is 19.0 Å². The van der Waals surface area contributed by atoms with Gasteiger partial charge >= 0.3 is 5.97 Å². The Morgan fingerprint density at radius 3 is 2.27 bits per heavy atom. The predicted octanol–water partition coefficient (Wildman–Crippen LogP) is 2.11. The third-order valence-electron chi connectivity index (χ3n) is 1.93.